The van der Waals surface area contributed by atoms with Gasteiger partial charge in [0.25, 0.3) is 0 Å². The first-order valence-electron chi connectivity index (χ1n) is 5.57. The molecule has 6 nitrogen and oxygen atoms in total. The molecule has 0 saturated carbocycles. The number of amides is 2. The fourth-order valence-electron chi connectivity index (χ4n) is 2.30. The highest BCUT2D eigenvalue weighted by Crippen LogP contribution is 2.17. The minimum atomic E-state index is -0.310. The molecule has 2 rings (SSSR count). The van der Waals surface area contributed by atoms with Crippen molar-refractivity contribution in [3.63, 3.8) is 0 Å². The second kappa shape index (κ2) is 4.80. The van der Waals surface area contributed by atoms with E-state index in [0.29, 0.717) is 0 Å². The van der Waals surface area contributed by atoms with E-state index in [1.54, 1.807) is 0 Å². The molecule has 0 bridgehead atoms. The summed E-state index contributed by atoms with van der Waals surface area (Å²) in [6, 6.07) is 0.0825. The van der Waals surface area contributed by atoms with Gasteiger partial charge < -0.3 is 15.8 Å². The maximum Gasteiger partial charge on any atom is 0.246 e. The summed E-state index contributed by atoms with van der Waals surface area (Å²) in [6.07, 6.45) is 1.72. The van der Waals surface area contributed by atoms with Crippen molar-refractivity contribution in [3.8, 4) is 0 Å². The number of likely N-dealkylation sites (tertiary alicyclic amines) is 1. The molecule has 0 aromatic heterocycles. The number of hydrogen-bond acceptors (Lipinski definition) is 4. The lowest BCUT2D eigenvalue weighted by Gasteiger charge is -2.30. The normalized spacial score (nSPS) is 31.4. The van der Waals surface area contributed by atoms with Crippen LogP contribution >= 0.6 is 0 Å². The van der Waals surface area contributed by atoms with Crippen LogP contribution in [0.25, 0.3) is 0 Å². The lowest BCUT2D eigenvalue weighted by atomic mass is 10.0. The van der Waals surface area contributed by atoms with Crippen molar-refractivity contribution in [2.45, 2.75) is 25.0 Å². The highest BCUT2D eigenvalue weighted by Gasteiger charge is 2.32. The third-order valence-electron chi connectivity index (χ3n) is 3.09. The van der Waals surface area contributed by atoms with Crippen molar-refractivity contribution in [2.24, 2.45) is 5.73 Å². The SMILES string of the molecule is NC(=O)CN1CC[C@@H]2NC(=O)CO[C@H]2CC1. The number of fused-ring (bicyclic) bond motifs is 1. The van der Waals surface area contributed by atoms with Crippen LogP contribution in [0.2, 0.25) is 0 Å². The average Bonchev–Trinajstić information content (AvgIpc) is 2.40. The van der Waals surface area contributed by atoms with E-state index in [0.717, 1.165) is 25.9 Å². The summed E-state index contributed by atoms with van der Waals surface area (Å²) < 4.78 is 5.47. The van der Waals surface area contributed by atoms with Gasteiger partial charge in [-0.3, -0.25) is 14.5 Å². The van der Waals surface area contributed by atoms with E-state index in [9.17, 15) is 9.59 Å². The molecule has 0 aromatic carbocycles. The number of nitrogens with two attached hydrogens (primary N) is 1. The molecule has 2 aliphatic rings. The third-order valence-corrected chi connectivity index (χ3v) is 3.09. The van der Waals surface area contributed by atoms with Gasteiger partial charge in [0, 0.05) is 13.1 Å². The fourth-order valence-corrected chi connectivity index (χ4v) is 2.30. The maximum atomic E-state index is 11.2. The number of carbonyl (C=O) groups excluding carboxylic acids is 2. The second-order valence-corrected chi connectivity index (χ2v) is 4.34. The molecule has 3 N–H and O–H groups in total. The van der Waals surface area contributed by atoms with Crippen molar-refractivity contribution in [1.82, 2.24) is 10.2 Å². The van der Waals surface area contributed by atoms with Crippen molar-refractivity contribution < 1.29 is 14.3 Å². The van der Waals surface area contributed by atoms with E-state index in [1.165, 1.54) is 0 Å². The number of rotatable bonds is 2. The Hall–Kier alpha value is -1.14. The van der Waals surface area contributed by atoms with Crippen LogP contribution in [0.1, 0.15) is 12.8 Å². The van der Waals surface area contributed by atoms with E-state index in [1.807, 2.05) is 4.90 Å². The van der Waals surface area contributed by atoms with Crippen LogP contribution in [0, 0.1) is 0 Å². The van der Waals surface area contributed by atoms with Crippen LogP contribution < -0.4 is 11.1 Å². The predicted octanol–water partition coefficient (Wildman–Crippen LogP) is -1.55. The first-order chi connectivity index (χ1) is 7.65. The minimum absolute atomic E-state index is 0.0513. The van der Waals surface area contributed by atoms with E-state index < -0.39 is 0 Å². The van der Waals surface area contributed by atoms with Gasteiger partial charge in [-0.05, 0) is 12.8 Å². The Balaban J connectivity index is 1.91. The van der Waals surface area contributed by atoms with Gasteiger partial charge in [0.2, 0.25) is 11.8 Å². The molecule has 90 valence electrons. The first-order valence-corrected chi connectivity index (χ1v) is 5.57. The second-order valence-electron chi connectivity index (χ2n) is 4.34. The number of carbonyl (C=O) groups is 2. The van der Waals surface area contributed by atoms with E-state index >= 15 is 0 Å². The van der Waals surface area contributed by atoms with E-state index in [4.69, 9.17) is 10.5 Å². The molecular formula is C10H17N3O3. The largest absolute Gasteiger partial charge is 0.369 e. The predicted molar refractivity (Wildman–Crippen MR) is 56.5 cm³/mol. The Bertz CT molecular complexity index is 295. The van der Waals surface area contributed by atoms with Gasteiger partial charge in [0.1, 0.15) is 6.61 Å². The lowest BCUT2D eigenvalue weighted by molar-refractivity contribution is -0.136. The molecule has 2 aliphatic heterocycles. The van der Waals surface area contributed by atoms with Crippen molar-refractivity contribution in [2.75, 3.05) is 26.2 Å². The molecule has 6 heteroatoms. The van der Waals surface area contributed by atoms with Crippen LogP contribution in [0.15, 0.2) is 0 Å². The number of primary amides is 1. The quantitative estimate of drug-likeness (QED) is 0.598. The van der Waals surface area contributed by atoms with E-state index in [-0.39, 0.29) is 37.1 Å². The highest BCUT2D eigenvalue weighted by atomic mass is 16.5. The minimum Gasteiger partial charge on any atom is -0.369 e. The van der Waals surface area contributed by atoms with Gasteiger partial charge in [-0.15, -0.1) is 0 Å². The third kappa shape index (κ3) is 2.70. The molecule has 2 saturated heterocycles. The van der Waals surface area contributed by atoms with Gasteiger partial charge in [-0.2, -0.15) is 0 Å². The molecule has 0 radical (unpaired) electrons. The summed E-state index contributed by atoms with van der Waals surface area (Å²) >= 11 is 0. The van der Waals surface area contributed by atoms with Gasteiger partial charge in [-0.1, -0.05) is 0 Å². The number of nitrogens with zero attached hydrogens (tertiary/aromatic N) is 1. The molecule has 2 fully saturated rings. The zero-order valence-corrected chi connectivity index (χ0v) is 9.15. The molecule has 0 aliphatic carbocycles. The Labute approximate surface area is 94.1 Å². The number of ether oxygens (including phenoxy) is 1. The molecule has 0 unspecified atom stereocenters. The molecule has 16 heavy (non-hydrogen) atoms. The maximum absolute atomic E-state index is 11.2. The van der Waals surface area contributed by atoms with Crippen LogP contribution in [0.4, 0.5) is 0 Å². The summed E-state index contributed by atoms with van der Waals surface area (Å²) in [7, 11) is 0. The van der Waals surface area contributed by atoms with Gasteiger partial charge in [-0.25, -0.2) is 0 Å². The molecule has 2 amide bonds. The Kier molecular flexibility index (Phi) is 3.40. The average molecular weight is 227 g/mol. The Morgan fingerprint density at radius 2 is 2.25 bits per heavy atom. The molecule has 2 heterocycles. The molecular weight excluding hydrogens is 210 g/mol. The Morgan fingerprint density at radius 1 is 1.50 bits per heavy atom. The number of hydrogen-bond donors (Lipinski definition) is 2. The number of nitrogens with one attached hydrogen (secondary N) is 1. The van der Waals surface area contributed by atoms with Crippen LogP contribution in [0.3, 0.4) is 0 Å². The first kappa shape index (κ1) is 11.3. The fraction of sp³-hybridized carbons (Fsp3) is 0.800. The van der Waals surface area contributed by atoms with Gasteiger partial charge in [0.15, 0.2) is 0 Å². The van der Waals surface area contributed by atoms with Crippen LogP contribution in [0.5, 0.6) is 0 Å². The van der Waals surface area contributed by atoms with Crippen LogP contribution in [-0.2, 0) is 14.3 Å². The number of morpholine rings is 1. The molecule has 0 aromatic rings. The van der Waals surface area contributed by atoms with Crippen molar-refractivity contribution in [1.29, 1.82) is 0 Å². The van der Waals surface area contributed by atoms with Crippen molar-refractivity contribution in [3.05, 3.63) is 0 Å². The molecule has 0 spiro atoms. The summed E-state index contributed by atoms with van der Waals surface area (Å²) in [5.41, 5.74) is 5.16. The summed E-state index contributed by atoms with van der Waals surface area (Å²) in [5.74, 6) is -0.362. The summed E-state index contributed by atoms with van der Waals surface area (Å²) in [4.78, 5) is 24.0. The topological polar surface area (TPSA) is 84.7 Å². The van der Waals surface area contributed by atoms with Gasteiger partial charge in [0.05, 0.1) is 18.7 Å². The smallest absolute Gasteiger partial charge is 0.246 e. The lowest BCUT2D eigenvalue weighted by Crippen LogP contribution is -2.51. The highest BCUT2D eigenvalue weighted by molar-refractivity contribution is 5.78. The monoisotopic (exact) mass is 227 g/mol. The summed E-state index contributed by atoms with van der Waals surface area (Å²) in [6.45, 7) is 2.00. The Morgan fingerprint density at radius 3 is 3.00 bits per heavy atom. The summed E-state index contributed by atoms with van der Waals surface area (Å²) in [5, 5.41) is 2.93. The zero-order valence-electron chi connectivity index (χ0n) is 9.15. The zero-order chi connectivity index (χ0) is 11.5. The van der Waals surface area contributed by atoms with E-state index in [2.05, 4.69) is 5.32 Å². The van der Waals surface area contributed by atoms with Gasteiger partial charge >= 0.3 is 0 Å². The van der Waals surface area contributed by atoms with Crippen molar-refractivity contribution >= 4 is 11.8 Å². The standard InChI is InChI=1S/C10H17N3O3/c11-9(14)5-13-3-1-7-8(2-4-13)16-6-10(15)12-7/h7-8H,1-6H2,(H2,11,14)(H,12,15)/t7-,8-/m0/s1. The molecule has 2 atom stereocenters. The van der Waals surface area contributed by atoms with Crippen LogP contribution in [-0.4, -0.2) is 55.1 Å².